The van der Waals surface area contributed by atoms with Gasteiger partial charge in [0.2, 0.25) is 11.8 Å². The topological polar surface area (TPSA) is 96.5 Å². The zero-order chi connectivity index (χ0) is 18.5. The van der Waals surface area contributed by atoms with Gasteiger partial charge in [-0.2, -0.15) is 0 Å². The monoisotopic (exact) mass is 351 g/mol. The summed E-state index contributed by atoms with van der Waals surface area (Å²) in [4.78, 5) is 34.4. The van der Waals surface area contributed by atoms with Gasteiger partial charge in [-0.15, -0.1) is 0 Å². The van der Waals surface area contributed by atoms with Crippen LogP contribution in [0.2, 0.25) is 0 Å². The van der Waals surface area contributed by atoms with Gasteiger partial charge in [0.1, 0.15) is 5.75 Å². The number of rotatable bonds is 4. The van der Waals surface area contributed by atoms with Crippen LogP contribution in [0, 0.1) is 0 Å². The van der Waals surface area contributed by atoms with E-state index in [0.29, 0.717) is 22.8 Å². The summed E-state index contributed by atoms with van der Waals surface area (Å²) in [5.41, 5.74) is 2.58. The first-order valence-corrected chi connectivity index (χ1v) is 7.93. The third-order valence-corrected chi connectivity index (χ3v) is 3.54. The molecule has 0 spiro atoms. The van der Waals surface area contributed by atoms with E-state index < -0.39 is 0 Å². The Morgan fingerprint density at radius 2 is 1.81 bits per heavy atom. The molecule has 0 unspecified atom stereocenters. The Hall–Kier alpha value is -3.61. The first-order valence-electron chi connectivity index (χ1n) is 7.93. The molecule has 0 atom stereocenters. The number of fused-ring (bicyclic) bond motifs is 1. The van der Waals surface area contributed by atoms with Gasteiger partial charge in [-0.1, -0.05) is 12.1 Å². The second-order valence-corrected chi connectivity index (χ2v) is 5.67. The summed E-state index contributed by atoms with van der Waals surface area (Å²) < 4.78 is 5.27. The highest BCUT2D eigenvalue weighted by molar-refractivity contribution is 6.03. The second-order valence-electron chi connectivity index (χ2n) is 5.67. The van der Waals surface area contributed by atoms with Crippen LogP contribution in [0.1, 0.15) is 12.5 Å². The van der Waals surface area contributed by atoms with Gasteiger partial charge < -0.3 is 20.7 Å². The molecule has 1 aliphatic heterocycles. The minimum atomic E-state index is -0.307. The van der Waals surface area contributed by atoms with Crippen molar-refractivity contribution >= 4 is 40.9 Å². The Kier molecular flexibility index (Phi) is 4.98. The van der Waals surface area contributed by atoms with E-state index in [1.165, 1.54) is 13.0 Å². The zero-order valence-electron chi connectivity index (χ0n) is 14.0. The maximum absolute atomic E-state index is 12.1. The summed E-state index contributed by atoms with van der Waals surface area (Å²) in [5, 5.41) is 8.09. The smallest absolute Gasteiger partial charge is 0.262 e. The molecule has 0 fully saturated rings. The molecule has 7 nitrogen and oxygen atoms in total. The fourth-order valence-electron chi connectivity index (χ4n) is 2.40. The number of anilines is 3. The van der Waals surface area contributed by atoms with Gasteiger partial charge in [0.05, 0.1) is 5.69 Å². The van der Waals surface area contributed by atoms with Gasteiger partial charge in [-0.25, -0.2) is 0 Å². The predicted octanol–water partition coefficient (Wildman–Crippen LogP) is 2.63. The molecule has 3 rings (SSSR count). The zero-order valence-corrected chi connectivity index (χ0v) is 14.0. The first kappa shape index (κ1) is 17.2. The molecule has 2 aromatic carbocycles. The number of hydrogen-bond acceptors (Lipinski definition) is 4. The lowest BCUT2D eigenvalue weighted by Crippen LogP contribution is -2.25. The van der Waals surface area contributed by atoms with Crippen molar-refractivity contribution in [3.05, 3.63) is 54.1 Å². The highest BCUT2D eigenvalue weighted by Gasteiger charge is 2.16. The van der Waals surface area contributed by atoms with Crippen LogP contribution in [0.5, 0.6) is 5.75 Å². The molecule has 1 aliphatic rings. The van der Waals surface area contributed by atoms with E-state index in [1.54, 1.807) is 48.5 Å². The molecule has 0 aliphatic carbocycles. The maximum Gasteiger partial charge on any atom is 0.262 e. The molecule has 3 N–H and O–H groups in total. The van der Waals surface area contributed by atoms with Crippen LogP contribution in [0.15, 0.2) is 48.5 Å². The van der Waals surface area contributed by atoms with Crippen LogP contribution >= 0.6 is 0 Å². The normalized spacial score (nSPS) is 12.7. The molecular weight excluding hydrogens is 334 g/mol. The van der Waals surface area contributed by atoms with E-state index in [1.807, 2.05) is 0 Å². The van der Waals surface area contributed by atoms with Gasteiger partial charge >= 0.3 is 0 Å². The van der Waals surface area contributed by atoms with E-state index in [4.69, 9.17) is 4.74 Å². The Morgan fingerprint density at radius 3 is 2.54 bits per heavy atom. The second kappa shape index (κ2) is 7.52. The standard InChI is InChI=1S/C19H17N3O4/c1-12(23)20-14-5-2-13(3-6-14)4-9-18(24)21-15-7-8-17-16(10-15)22-19(25)11-26-17/h2-10H,11H2,1H3,(H,20,23)(H,21,24)(H,22,25). The number of amides is 3. The number of benzene rings is 2. The molecule has 3 amide bonds. The molecule has 0 saturated heterocycles. The van der Waals surface area contributed by atoms with Crippen LogP contribution in [0.25, 0.3) is 6.08 Å². The molecule has 0 saturated carbocycles. The molecule has 2 aromatic rings. The van der Waals surface area contributed by atoms with E-state index in [9.17, 15) is 14.4 Å². The van der Waals surface area contributed by atoms with Gasteiger partial charge in [-0.3, -0.25) is 14.4 Å². The number of ether oxygens (including phenoxy) is 1. The van der Waals surface area contributed by atoms with Gasteiger partial charge in [0, 0.05) is 24.4 Å². The highest BCUT2D eigenvalue weighted by atomic mass is 16.5. The van der Waals surface area contributed by atoms with E-state index in [0.717, 1.165) is 5.56 Å². The molecule has 0 bridgehead atoms. The van der Waals surface area contributed by atoms with Crippen LogP contribution in [0.4, 0.5) is 17.1 Å². The molecular formula is C19H17N3O4. The van der Waals surface area contributed by atoms with Gasteiger partial charge in [-0.05, 0) is 42.0 Å². The van der Waals surface area contributed by atoms with Crippen molar-refractivity contribution in [2.24, 2.45) is 0 Å². The third kappa shape index (κ3) is 4.47. The average molecular weight is 351 g/mol. The average Bonchev–Trinajstić information content (AvgIpc) is 2.60. The maximum atomic E-state index is 12.1. The molecule has 1 heterocycles. The summed E-state index contributed by atoms with van der Waals surface area (Å²) in [7, 11) is 0. The predicted molar refractivity (Wildman–Crippen MR) is 99.0 cm³/mol. The first-order chi connectivity index (χ1) is 12.5. The summed E-state index contributed by atoms with van der Waals surface area (Å²) in [6.07, 6.45) is 3.07. The van der Waals surface area contributed by atoms with E-state index in [2.05, 4.69) is 16.0 Å². The van der Waals surface area contributed by atoms with Crippen LogP contribution < -0.4 is 20.7 Å². The fourth-order valence-corrected chi connectivity index (χ4v) is 2.40. The lowest BCUT2D eigenvalue weighted by atomic mass is 10.2. The van der Waals surface area contributed by atoms with Crippen LogP contribution in [0.3, 0.4) is 0 Å². The number of carbonyl (C=O) groups is 3. The van der Waals surface area contributed by atoms with Crippen molar-refractivity contribution in [1.82, 2.24) is 0 Å². The Balaban J connectivity index is 1.61. The van der Waals surface area contributed by atoms with Crippen LogP contribution in [-0.2, 0) is 14.4 Å². The number of hydrogen-bond donors (Lipinski definition) is 3. The molecule has 0 radical (unpaired) electrons. The number of nitrogens with one attached hydrogen (secondary N) is 3. The molecule has 26 heavy (non-hydrogen) atoms. The molecule has 132 valence electrons. The van der Waals surface area contributed by atoms with Crippen molar-refractivity contribution in [1.29, 1.82) is 0 Å². The van der Waals surface area contributed by atoms with Crippen molar-refractivity contribution in [3.63, 3.8) is 0 Å². The van der Waals surface area contributed by atoms with Gasteiger partial charge in [0.15, 0.2) is 6.61 Å². The summed E-state index contributed by atoms with van der Waals surface area (Å²) in [5.74, 6) is -0.112. The summed E-state index contributed by atoms with van der Waals surface area (Å²) in [6.45, 7) is 1.43. The lowest BCUT2D eigenvalue weighted by Gasteiger charge is -2.18. The fraction of sp³-hybridized carbons (Fsp3) is 0.105. The Bertz CT molecular complexity index is 888. The summed E-state index contributed by atoms with van der Waals surface area (Å²) >= 11 is 0. The lowest BCUT2D eigenvalue weighted by molar-refractivity contribution is -0.118. The Morgan fingerprint density at radius 1 is 1.08 bits per heavy atom. The van der Waals surface area contributed by atoms with Crippen molar-refractivity contribution in [2.75, 3.05) is 22.6 Å². The van der Waals surface area contributed by atoms with Crippen molar-refractivity contribution in [2.45, 2.75) is 6.92 Å². The quantitative estimate of drug-likeness (QED) is 0.738. The Labute approximate surface area is 150 Å². The number of carbonyl (C=O) groups excluding carboxylic acids is 3. The SMILES string of the molecule is CC(=O)Nc1ccc(C=CC(=O)Nc2ccc3c(c2)NC(=O)CO3)cc1. The molecule has 0 aromatic heterocycles. The van der Waals surface area contributed by atoms with E-state index in [-0.39, 0.29) is 24.3 Å². The van der Waals surface area contributed by atoms with Crippen molar-refractivity contribution in [3.8, 4) is 5.75 Å². The third-order valence-electron chi connectivity index (χ3n) is 3.54. The minimum absolute atomic E-state index is 0.0117. The van der Waals surface area contributed by atoms with Crippen molar-refractivity contribution < 1.29 is 19.1 Å². The summed E-state index contributed by atoms with van der Waals surface area (Å²) in [6, 6.07) is 12.1. The minimum Gasteiger partial charge on any atom is -0.482 e. The largest absolute Gasteiger partial charge is 0.482 e. The van der Waals surface area contributed by atoms with Gasteiger partial charge in [0.25, 0.3) is 5.91 Å². The highest BCUT2D eigenvalue weighted by Crippen LogP contribution is 2.30. The van der Waals surface area contributed by atoms with Crippen LogP contribution in [-0.4, -0.2) is 24.3 Å². The molecule has 7 heteroatoms. The van der Waals surface area contributed by atoms with E-state index >= 15 is 0 Å².